The van der Waals surface area contributed by atoms with Crippen molar-refractivity contribution in [2.45, 2.75) is 83.9 Å². The molecule has 2 N–H and O–H groups in total. The Morgan fingerprint density at radius 3 is 2.27 bits per heavy atom. The minimum absolute atomic E-state index is 0.0106. The van der Waals surface area contributed by atoms with Crippen molar-refractivity contribution in [1.29, 1.82) is 0 Å². The molecule has 1 heterocycles. The second-order valence-corrected chi connectivity index (χ2v) is 7.81. The summed E-state index contributed by atoms with van der Waals surface area (Å²) in [5.74, 6) is 1.04. The number of aliphatic hydroxyl groups is 1. The highest BCUT2D eigenvalue weighted by Gasteiger charge is 2.28. The lowest BCUT2D eigenvalue weighted by atomic mass is 9.88. The van der Waals surface area contributed by atoms with E-state index in [2.05, 4.69) is 17.1 Å². The van der Waals surface area contributed by atoms with Gasteiger partial charge >= 0.3 is 0 Å². The van der Waals surface area contributed by atoms with Crippen LogP contribution in [-0.2, 0) is 4.79 Å². The van der Waals surface area contributed by atoms with Crippen molar-refractivity contribution in [2.75, 3.05) is 13.1 Å². The number of rotatable bonds is 5. The van der Waals surface area contributed by atoms with Gasteiger partial charge in [0.25, 0.3) is 0 Å². The first-order chi connectivity index (χ1) is 10.5. The Morgan fingerprint density at radius 2 is 1.73 bits per heavy atom. The van der Waals surface area contributed by atoms with E-state index in [0.29, 0.717) is 6.04 Å². The summed E-state index contributed by atoms with van der Waals surface area (Å²) in [6.07, 6.45) is 6.96. The number of carbonyl (C=O) groups excluding carboxylic acids is 1. The number of likely N-dealkylation sites (tertiary alicyclic amines) is 1. The van der Waals surface area contributed by atoms with E-state index in [1.807, 2.05) is 13.8 Å². The molecule has 1 aliphatic heterocycles. The monoisotopic (exact) mass is 310 g/mol. The Balaban J connectivity index is 1.67. The molecule has 22 heavy (non-hydrogen) atoms. The molecule has 0 spiro atoms. The molecule has 1 saturated heterocycles. The van der Waals surface area contributed by atoms with E-state index < -0.39 is 6.10 Å². The fraction of sp³-hybridized carbons (Fsp3) is 0.944. The Kier molecular flexibility index (Phi) is 6.69. The maximum atomic E-state index is 12.0. The van der Waals surface area contributed by atoms with E-state index in [4.69, 9.17) is 0 Å². The average molecular weight is 310 g/mol. The topological polar surface area (TPSA) is 52.6 Å². The molecule has 4 nitrogen and oxygen atoms in total. The minimum atomic E-state index is -0.522. The fourth-order valence-corrected chi connectivity index (χ4v) is 3.69. The molecular formula is C18H34N2O2. The normalized spacial score (nSPS) is 29.5. The first kappa shape index (κ1) is 17.7. The molecule has 1 atom stereocenters. The van der Waals surface area contributed by atoms with Crippen LogP contribution < -0.4 is 5.32 Å². The lowest BCUT2D eigenvalue weighted by Crippen LogP contribution is -2.46. The van der Waals surface area contributed by atoms with Crippen LogP contribution >= 0.6 is 0 Å². The van der Waals surface area contributed by atoms with Gasteiger partial charge in [-0.2, -0.15) is 0 Å². The first-order valence-corrected chi connectivity index (χ1v) is 9.17. The molecule has 4 heteroatoms. The lowest BCUT2D eigenvalue weighted by Gasteiger charge is -2.40. The molecule has 1 amide bonds. The number of hydrogen-bond acceptors (Lipinski definition) is 3. The summed E-state index contributed by atoms with van der Waals surface area (Å²) >= 11 is 0. The molecule has 0 radical (unpaired) electrons. The van der Waals surface area contributed by atoms with E-state index in [9.17, 15) is 9.90 Å². The molecule has 2 rings (SSSR count). The van der Waals surface area contributed by atoms with Crippen molar-refractivity contribution in [3.8, 4) is 0 Å². The van der Waals surface area contributed by atoms with Crippen molar-refractivity contribution in [1.82, 2.24) is 10.2 Å². The Bertz CT molecular complexity index is 343. The Labute approximate surface area is 135 Å². The van der Waals surface area contributed by atoms with Crippen LogP contribution in [-0.4, -0.2) is 47.2 Å². The third-order valence-electron chi connectivity index (χ3n) is 5.56. The molecule has 0 aromatic rings. The smallest absolute Gasteiger partial charge is 0.222 e. The van der Waals surface area contributed by atoms with Crippen LogP contribution in [0.25, 0.3) is 0 Å². The fourth-order valence-electron chi connectivity index (χ4n) is 3.69. The van der Waals surface area contributed by atoms with Gasteiger partial charge in [-0.3, -0.25) is 4.79 Å². The lowest BCUT2D eigenvalue weighted by molar-refractivity contribution is -0.124. The van der Waals surface area contributed by atoms with Crippen LogP contribution in [0.5, 0.6) is 0 Å². The summed E-state index contributed by atoms with van der Waals surface area (Å²) in [6.45, 7) is 8.76. The molecule has 2 fully saturated rings. The molecular weight excluding hydrogens is 276 g/mol. The van der Waals surface area contributed by atoms with Gasteiger partial charge in [0.15, 0.2) is 0 Å². The molecule has 2 aliphatic rings. The first-order valence-electron chi connectivity index (χ1n) is 9.17. The summed E-state index contributed by atoms with van der Waals surface area (Å²) in [7, 11) is 0. The average Bonchev–Trinajstić information content (AvgIpc) is 2.48. The number of nitrogens with one attached hydrogen (secondary N) is 1. The van der Waals surface area contributed by atoms with Gasteiger partial charge < -0.3 is 15.3 Å². The molecule has 0 aromatic heterocycles. The van der Waals surface area contributed by atoms with Crippen molar-refractivity contribution in [3.63, 3.8) is 0 Å². The van der Waals surface area contributed by atoms with Gasteiger partial charge in [-0.1, -0.05) is 20.8 Å². The third-order valence-corrected chi connectivity index (χ3v) is 5.56. The van der Waals surface area contributed by atoms with Crippen molar-refractivity contribution >= 4 is 5.91 Å². The number of hydrogen-bond donors (Lipinski definition) is 2. The van der Waals surface area contributed by atoms with Gasteiger partial charge in [-0.15, -0.1) is 0 Å². The summed E-state index contributed by atoms with van der Waals surface area (Å²) in [5, 5.41) is 12.9. The maximum Gasteiger partial charge on any atom is 0.222 e. The van der Waals surface area contributed by atoms with Gasteiger partial charge in [0.1, 0.15) is 0 Å². The van der Waals surface area contributed by atoms with E-state index in [1.54, 1.807) is 0 Å². The minimum Gasteiger partial charge on any atom is -0.392 e. The van der Waals surface area contributed by atoms with Gasteiger partial charge in [0, 0.05) is 12.1 Å². The van der Waals surface area contributed by atoms with Crippen LogP contribution in [0.4, 0.5) is 0 Å². The quantitative estimate of drug-likeness (QED) is 0.820. The van der Waals surface area contributed by atoms with E-state index in [0.717, 1.165) is 24.8 Å². The molecule has 1 saturated carbocycles. The van der Waals surface area contributed by atoms with Gasteiger partial charge in [-0.05, 0) is 63.5 Å². The maximum absolute atomic E-state index is 12.0. The number of amides is 1. The van der Waals surface area contributed by atoms with E-state index in [1.165, 1.54) is 38.8 Å². The summed E-state index contributed by atoms with van der Waals surface area (Å²) in [4.78, 5) is 14.6. The van der Waals surface area contributed by atoms with Crippen LogP contribution in [0.3, 0.4) is 0 Å². The summed E-state index contributed by atoms with van der Waals surface area (Å²) in [6, 6.07) is 1.04. The molecule has 1 aliphatic carbocycles. The summed E-state index contributed by atoms with van der Waals surface area (Å²) in [5.41, 5.74) is 0. The molecule has 128 valence electrons. The van der Waals surface area contributed by atoms with Crippen molar-refractivity contribution in [2.24, 2.45) is 11.8 Å². The highest BCUT2D eigenvalue weighted by atomic mass is 16.3. The molecule has 0 aromatic carbocycles. The predicted octanol–water partition coefficient (Wildman–Crippen LogP) is 2.55. The largest absolute Gasteiger partial charge is 0.392 e. The Hall–Kier alpha value is -0.610. The van der Waals surface area contributed by atoms with Crippen molar-refractivity contribution in [3.05, 3.63) is 0 Å². The number of piperidine rings is 1. The third kappa shape index (κ3) is 5.24. The van der Waals surface area contributed by atoms with Crippen LogP contribution in [0.2, 0.25) is 0 Å². The number of nitrogens with zero attached hydrogens (tertiary/aromatic N) is 1. The molecule has 1 unspecified atom stereocenters. The second kappa shape index (κ2) is 8.30. The highest BCUT2D eigenvalue weighted by molar-refractivity contribution is 5.76. The van der Waals surface area contributed by atoms with Crippen molar-refractivity contribution < 1.29 is 9.90 Å². The summed E-state index contributed by atoms with van der Waals surface area (Å²) < 4.78 is 0. The molecule has 0 bridgehead atoms. The highest BCUT2D eigenvalue weighted by Crippen LogP contribution is 2.27. The van der Waals surface area contributed by atoms with Gasteiger partial charge in [0.05, 0.1) is 12.5 Å². The van der Waals surface area contributed by atoms with Gasteiger partial charge in [-0.25, -0.2) is 0 Å². The van der Waals surface area contributed by atoms with Crippen LogP contribution in [0.15, 0.2) is 0 Å². The van der Waals surface area contributed by atoms with E-state index >= 15 is 0 Å². The predicted molar refractivity (Wildman–Crippen MR) is 89.6 cm³/mol. The van der Waals surface area contributed by atoms with Gasteiger partial charge in [0.2, 0.25) is 5.91 Å². The second-order valence-electron chi connectivity index (χ2n) is 7.81. The van der Waals surface area contributed by atoms with E-state index in [-0.39, 0.29) is 18.2 Å². The number of aliphatic hydroxyl groups excluding tert-OH is 1. The SMILES string of the molecule is CC1CCN(C2CCC(NC(=O)CC(O)C(C)C)CC2)CC1. The Morgan fingerprint density at radius 1 is 1.14 bits per heavy atom. The number of carbonyl (C=O) groups is 1. The van der Waals surface area contributed by atoms with Crippen LogP contribution in [0.1, 0.15) is 65.7 Å². The zero-order valence-corrected chi connectivity index (χ0v) is 14.6. The zero-order valence-electron chi connectivity index (χ0n) is 14.6. The zero-order chi connectivity index (χ0) is 16.1. The van der Waals surface area contributed by atoms with Crippen LogP contribution in [0, 0.1) is 11.8 Å². The standard InChI is InChI=1S/C18H34N2O2/c1-13(2)17(21)12-18(22)19-15-4-6-16(7-5-15)20-10-8-14(3)9-11-20/h13-17,21H,4-12H2,1-3H3,(H,19,22).